The summed E-state index contributed by atoms with van der Waals surface area (Å²) in [6, 6.07) is 4.12. The molecule has 0 fully saturated rings. The number of halogens is 6. The lowest BCUT2D eigenvalue weighted by molar-refractivity contribution is -0.138. The van der Waals surface area contributed by atoms with Crippen LogP contribution in [0, 0.1) is 0 Å². The lowest BCUT2D eigenvalue weighted by Crippen LogP contribution is -2.21. The predicted octanol–water partition coefficient (Wildman–Crippen LogP) is 5.07. The first-order chi connectivity index (χ1) is 12.4. The van der Waals surface area contributed by atoms with E-state index in [-0.39, 0.29) is 5.69 Å². The number of nitrogens with one attached hydrogen (secondary N) is 2. The number of alkyl halides is 6. The second-order valence-electron chi connectivity index (χ2n) is 5.22. The molecule has 0 atom stereocenters. The third-order valence-electron chi connectivity index (χ3n) is 3.27. The first kappa shape index (κ1) is 20.1. The van der Waals surface area contributed by atoms with E-state index in [0.29, 0.717) is 18.2 Å². The number of carboxylic acids is 1. The van der Waals surface area contributed by atoms with Crippen LogP contribution in [0.1, 0.15) is 21.5 Å². The molecule has 0 bridgehead atoms. The highest BCUT2D eigenvalue weighted by molar-refractivity contribution is 6.04. The molecule has 144 valence electrons. The van der Waals surface area contributed by atoms with Crippen molar-refractivity contribution in [2.45, 2.75) is 12.4 Å². The maximum atomic E-state index is 12.7. The van der Waals surface area contributed by atoms with Crippen LogP contribution in [0.15, 0.2) is 42.5 Å². The van der Waals surface area contributed by atoms with Gasteiger partial charge in [-0.25, -0.2) is 9.59 Å². The number of anilines is 2. The van der Waals surface area contributed by atoms with Crippen LogP contribution in [0.3, 0.4) is 0 Å². The Balaban J connectivity index is 2.22. The van der Waals surface area contributed by atoms with E-state index in [9.17, 15) is 35.9 Å². The van der Waals surface area contributed by atoms with Crippen LogP contribution in [-0.2, 0) is 12.4 Å². The summed E-state index contributed by atoms with van der Waals surface area (Å²) < 4.78 is 75.9. The molecule has 0 aliphatic heterocycles. The average molecular weight is 392 g/mol. The van der Waals surface area contributed by atoms with Crippen LogP contribution in [0.4, 0.5) is 42.5 Å². The van der Waals surface area contributed by atoms with Crippen LogP contribution >= 0.6 is 0 Å². The predicted molar refractivity (Wildman–Crippen MR) is 82.5 cm³/mol. The standard InChI is InChI=1S/C16H10F6N2O3/c17-15(18,19)8-2-1-3-10(6-8)23-14(27)24-12-5-4-9(16(20,21)22)7-11(12)13(25)26/h1-7H,(H,25,26)(H2,23,24,27). The van der Waals surface area contributed by atoms with E-state index in [1.54, 1.807) is 0 Å². The summed E-state index contributed by atoms with van der Waals surface area (Å²) in [6.07, 6.45) is -9.43. The Morgan fingerprint density at radius 3 is 1.96 bits per heavy atom. The highest BCUT2D eigenvalue weighted by Gasteiger charge is 2.32. The average Bonchev–Trinajstić information content (AvgIpc) is 2.53. The van der Waals surface area contributed by atoms with Crippen molar-refractivity contribution in [2.75, 3.05) is 10.6 Å². The first-order valence-electron chi connectivity index (χ1n) is 7.08. The zero-order valence-electron chi connectivity index (χ0n) is 13.1. The van der Waals surface area contributed by atoms with Crippen molar-refractivity contribution in [1.82, 2.24) is 0 Å². The molecule has 0 aliphatic carbocycles. The van der Waals surface area contributed by atoms with Crippen molar-refractivity contribution in [3.8, 4) is 0 Å². The Bertz CT molecular complexity index is 877. The number of carbonyl (C=O) groups is 2. The van der Waals surface area contributed by atoms with E-state index in [1.165, 1.54) is 0 Å². The summed E-state index contributed by atoms with van der Waals surface area (Å²) in [7, 11) is 0. The number of rotatable bonds is 3. The Kier molecular flexibility index (Phi) is 5.33. The Morgan fingerprint density at radius 2 is 1.41 bits per heavy atom. The molecule has 5 nitrogen and oxygen atoms in total. The highest BCUT2D eigenvalue weighted by Crippen LogP contribution is 2.32. The molecule has 2 aromatic rings. The van der Waals surface area contributed by atoms with E-state index >= 15 is 0 Å². The molecule has 27 heavy (non-hydrogen) atoms. The van der Waals surface area contributed by atoms with Gasteiger partial charge in [-0.1, -0.05) is 6.07 Å². The van der Waals surface area contributed by atoms with E-state index in [0.717, 1.165) is 24.3 Å². The van der Waals surface area contributed by atoms with Gasteiger partial charge in [0.2, 0.25) is 0 Å². The first-order valence-corrected chi connectivity index (χ1v) is 7.08. The lowest BCUT2D eigenvalue weighted by atomic mass is 10.1. The summed E-state index contributed by atoms with van der Waals surface area (Å²) in [5, 5.41) is 13.1. The van der Waals surface area contributed by atoms with Crippen LogP contribution in [0.5, 0.6) is 0 Å². The summed E-state index contributed by atoms with van der Waals surface area (Å²) in [5.41, 5.74) is -3.79. The Labute approximate surface area is 147 Å². The van der Waals surface area contributed by atoms with Gasteiger partial charge < -0.3 is 15.7 Å². The van der Waals surface area contributed by atoms with Crippen molar-refractivity contribution >= 4 is 23.4 Å². The van der Waals surface area contributed by atoms with E-state index in [4.69, 9.17) is 5.11 Å². The monoisotopic (exact) mass is 392 g/mol. The number of aromatic carboxylic acids is 1. The largest absolute Gasteiger partial charge is 0.478 e. The Hall–Kier alpha value is -3.24. The fourth-order valence-electron chi connectivity index (χ4n) is 2.06. The molecule has 0 aromatic heterocycles. The minimum atomic E-state index is -4.79. The third kappa shape index (κ3) is 5.12. The van der Waals surface area contributed by atoms with E-state index in [1.807, 2.05) is 10.6 Å². The quantitative estimate of drug-likeness (QED) is 0.639. The van der Waals surface area contributed by atoms with Gasteiger partial charge in [-0.05, 0) is 36.4 Å². The van der Waals surface area contributed by atoms with Gasteiger partial charge in [0, 0.05) is 5.69 Å². The topological polar surface area (TPSA) is 78.4 Å². The maximum Gasteiger partial charge on any atom is 0.416 e. The van der Waals surface area contributed by atoms with Gasteiger partial charge in [-0.2, -0.15) is 26.3 Å². The molecule has 0 spiro atoms. The second kappa shape index (κ2) is 7.17. The number of hydrogen-bond donors (Lipinski definition) is 3. The maximum absolute atomic E-state index is 12.7. The fraction of sp³-hybridized carbons (Fsp3) is 0.125. The normalized spacial score (nSPS) is 11.8. The number of urea groups is 1. The summed E-state index contributed by atoms with van der Waals surface area (Å²) >= 11 is 0. The summed E-state index contributed by atoms with van der Waals surface area (Å²) in [6.45, 7) is 0. The second-order valence-corrected chi connectivity index (χ2v) is 5.22. The van der Waals surface area contributed by atoms with Crippen molar-refractivity contribution < 1.29 is 41.0 Å². The molecule has 0 heterocycles. The van der Waals surface area contributed by atoms with Gasteiger partial charge in [0.15, 0.2) is 0 Å². The van der Waals surface area contributed by atoms with Gasteiger partial charge in [0.05, 0.1) is 22.4 Å². The summed E-state index contributed by atoms with van der Waals surface area (Å²) in [5.74, 6) is -1.73. The number of hydrogen-bond acceptors (Lipinski definition) is 2. The van der Waals surface area contributed by atoms with Crippen LogP contribution in [0.25, 0.3) is 0 Å². The van der Waals surface area contributed by atoms with Crippen LogP contribution in [0.2, 0.25) is 0 Å². The number of carbonyl (C=O) groups excluding carboxylic acids is 1. The van der Waals surface area contributed by atoms with E-state index in [2.05, 4.69) is 0 Å². The minimum absolute atomic E-state index is 0.244. The molecule has 2 amide bonds. The lowest BCUT2D eigenvalue weighted by Gasteiger charge is -2.13. The molecule has 0 saturated heterocycles. The van der Waals surface area contributed by atoms with Crippen LogP contribution in [-0.4, -0.2) is 17.1 Å². The van der Waals surface area contributed by atoms with Crippen molar-refractivity contribution in [2.24, 2.45) is 0 Å². The van der Waals surface area contributed by atoms with Crippen molar-refractivity contribution in [3.63, 3.8) is 0 Å². The van der Waals surface area contributed by atoms with Crippen LogP contribution < -0.4 is 10.6 Å². The molecule has 2 aromatic carbocycles. The van der Waals surface area contributed by atoms with Gasteiger partial charge in [0.25, 0.3) is 0 Å². The van der Waals surface area contributed by atoms with Gasteiger partial charge in [-0.15, -0.1) is 0 Å². The minimum Gasteiger partial charge on any atom is -0.478 e. The SMILES string of the molecule is O=C(Nc1cccc(C(F)(F)F)c1)Nc1ccc(C(F)(F)F)cc1C(=O)O. The van der Waals surface area contributed by atoms with Crippen molar-refractivity contribution in [1.29, 1.82) is 0 Å². The van der Waals surface area contributed by atoms with Crippen molar-refractivity contribution in [3.05, 3.63) is 59.2 Å². The molecule has 2 rings (SSSR count). The van der Waals surface area contributed by atoms with Gasteiger partial charge >= 0.3 is 24.4 Å². The zero-order chi connectivity index (χ0) is 20.4. The molecular formula is C16H10F6N2O3. The number of carboxylic acid groups (broad SMARTS) is 1. The summed E-state index contributed by atoms with van der Waals surface area (Å²) in [4.78, 5) is 23.0. The Morgan fingerprint density at radius 1 is 0.815 bits per heavy atom. The zero-order valence-corrected chi connectivity index (χ0v) is 13.1. The highest BCUT2D eigenvalue weighted by atomic mass is 19.4. The molecular weight excluding hydrogens is 382 g/mol. The molecule has 3 N–H and O–H groups in total. The number of amides is 2. The third-order valence-corrected chi connectivity index (χ3v) is 3.27. The fourth-order valence-corrected chi connectivity index (χ4v) is 2.06. The molecule has 0 aliphatic rings. The van der Waals surface area contributed by atoms with Gasteiger partial charge in [-0.3, -0.25) is 0 Å². The van der Waals surface area contributed by atoms with Gasteiger partial charge in [0.1, 0.15) is 0 Å². The number of benzene rings is 2. The molecule has 11 heteroatoms. The molecule has 0 radical (unpaired) electrons. The molecule has 0 unspecified atom stereocenters. The smallest absolute Gasteiger partial charge is 0.416 e. The van der Waals surface area contributed by atoms with E-state index < -0.39 is 46.7 Å². The molecule has 0 saturated carbocycles.